The number of aryl methyl sites for hydroxylation is 2. The normalized spacial score (nSPS) is 11.8. The number of hydrogen-bond donors (Lipinski definition) is 2. The molecule has 2 aromatic carbocycles. The van der Waals surface area contributed by atoms with Crippen LogP contribution in [0.5, 0.6) is 0 Å². The summed E-state index contributed by atoms with van der Waals surface area (Å²) in [5.74, 6) is 0.334. The number of amides is 1. The zero-order valence-electron chi connectivity index (χ0n) is 14.2. The standard InChI is InChI=1S/C19H22N4O.ClH/c1-14(20)18(24)22-19-21-16-11-5-6-12-17(16)23(19)13-7-10-15-8-3-2-4-9-15;/h2-6,8-9,11-12,14H,7,10,13,20H2,1H3,(H,21,22,24);1H/t14-;/m0./s1. The Kier molecular flexibility index (Phi) is 6.56. The molecule has 0 aliphatic heterocycles. The molecule has 0 aliphatic carbocycles. The lowest BCUT2D eigenvalue weighted by atomic mass is 10.1. The van der Waals surface area contributed by atoms with E-state index in [0.717, 1.165) is 30.4 Å². The van der Waals surface area contributed by atoms with Crippen LogP contribution in [0, 0.1) is 0 Å². The van der Waals surface area contributed by atoms with Gasteiger partial charge in [-0.15, -0.1) is 12.4 Å². The Labute approximate surface area is 153 Å². The lowest BCUT2D eigenvalue weighted by Crippen LogP contribution is -2.33. The average Bonchev–Trinajstić information content (AvgIpc) is 2.93. The Morgan fingerprint density at radius 3 is 2.56 bits per heavy atom. The molecule has 0 fully saturated rings. The highest BCUT2D eigenvalue weighted by Gasteiger charge is 2.15. The summed E-state index contributed by atoms with van der Waals surface area (Å²) in [6.07, 6.45) is 1.94. The maximum Gasteiger partial charge on any atom is 0.243 e. The molecule has 5 nitrogen and oxygen atoms in total. The van der Waals surface area contributed by atoms with Gasteiger partial charge in [-0.1, -0.05) is 42.5 Å². The molecule has 1 atom stereocenters. The van der Waals surface area contributed by atoms with Crippen LogP contribution in [0.25, 0.3) is 11.0 Å². The number of hydrogen-bond acceptors (Lipinski definition) is 3. The molecule has 3 N–H and O–H groups in total. The first-order valence-electron chi connectivity index (χ1n) is 8.21. The molecule has 25 heavy (non-hydrogen) atoms. The van der Waals surface area contributed by atoms with E-state index in [9.17, 15) is 4.79 Å². The second kappa shape index (κ2) is 8.65. The fraction of sp³-hybridized carbons (Fsp3) is 0.263. The average molecular weight is 359 g/mol. The molecule has 0 spiro atoms. The highest BCUT2D eigenvalue weighted by molar-refractivity contribution is 5.94. The lowest BCUT2D eigenvalue weighted by molar-refractivity contribution is -0.117. The number of benzene rings is 2. The van der Waals surface area contributed by atoms with Crippen LogP contribution < -0.4 is 11.1 Å². The number of anilines is 1. The van der Waals surface area contributed by atoms with E-state index < -0.39 is 6.04 Å². The van der Waals surface area contributed by atoms with Gasteiger partial charge in [-0.3, -0.25) is 10.1 Å². The zero-order valence-corrected chi connectivity index (χ0v) is 15.0. The number of nitrogens with two attached hydrogens (primary N) is 1. The van der Waals surface area contributed by atoms with E-state index in [-0.39, 0.29) is 18.3 Å². The van der Waals surface area contributed by atoms with Crippen molar-refractivity contribution < 1.29 is 4.79 Å². The highest BCUT2D eigenvalue weighted by atomic mass is 35.5. The van der Waals surface area contributed by atoms with Crippen LogP contribution in [0.15, 0.2) is 54.6 Å². The Bertz CT molecular complexity index is 830. The Balaban J connectivity index is 0.00000225. The molecule has 0 radical (unpaired) electrons. The fourth-order valence-corrected chi connectivity index (χ4v) is 2.71. The van der Waals surface area contributed by atoms with Gasteiger partial charge in [0.2, 0.25) is 11.9 Å². The number of nitrogens with zero attached hydrogens (tertiary/aromatic N) is 2. The van der Waals surface area contributed by atoms with Gasteiger partial charge in [-0.2, -0.15) is 0 Å². The first-order valence-corrected chi connectivity index (χ1v) is 8.21. The molecule has 0 aliphatic rings. The number of halogens is 1. The summed E-state index contributed by atoms with van der Waals surface area (Å²) in [5, 5.41) is 2.84. The maximum atomic E-state index is 11.9. The number of carbonyl (C=O) groups excluding carboxylic acids is 1. The lowest BCUT2D eigenvalue weighted by Gasteiger charge is -2.11. The van der Waals surface area contributed by atoms with Gasteiger partial charge in [0, 0.05) is 6.54 Å². The second-order valence-electron chi connectivity index (χ2n) is 5.94. The minimum absolute atomic E-state index is 0. The molecule has 0 saturated carbocycles. The molecular weight excluding hydrogens is 336 g/mol. The molecule has 0 saturated heterocycles. The third-order valence-electron chi connectivity index (χ3n) is 3.99. The summed E-state index contributed by atoms with van der Waals surface area (Å²) in [7, 11) is 0. The van der Waals surface area contributed by atoms with Crippen molar-refractivity contribution >= 4 is 35.3 Å². The van der Waals surface area contributed by atoms with Crippen molar-refractivity contribution in [3.05, 3.63) is 60.2 Å². The van der Waals surface area contributed by atoms with E-state index in [1.54, 1.807) is 6.92 Å². The van der Waals surface area contributed by atoms with E-state index in [2.05, 4.69) is 39.1 Å². The largest absolute Gasteiger partial charge is 0.320 e. The summed E-state index contributed by atoms with van der Waals surface area (Å²) in [6.45, 7) is 2.45. The van der Waals surface area contributed by atoms with Gasteiger partial charge in [-0.05, 0) is 37.5 Å². The molecule has 1 aromatic heterocycles. The number of imidazole rings is 1. The summed E-state index contributed by atoms with van der Waals surface area (Å²) in [6, 6.07) is 17.7. The monoisotopic (exact) mass is 358 g/mol. The predicted octanol–water partition coefficient (Wildman–Crippen LogP) is 3.38. The van der Waals surface area contributed by atoms with Gasteiger partial charge in [0.1, 0.15) is 0 Å². The van der Waals surface area contributed by atoms with Crippen LogP contribution >= 0.6 is 12.4 Å². The van der Waals surface area contributed by atoms with Crippen LogP contribution in [0.3, 0.4) is 0 Å². The smallest absolute Gasteiger partial charge is 0.243 e. The Hall–Kier alpha value is -2.37. The number of fused-ring (bicyclic) bond motifs is 1. The van der Waals surface area contributed by atoms with Crippen LogP contribution in [0.4, 0.5) is 5.95 Å². The molecule has 1 heterocycles. The molecule has 6 heteroatoms. The number of nitrogens with one attached hydrogen (secondary N) is 1. The predicted molar refractivity (Wildman–Crippen MR) is 104 cm³/mol. The van der Waals surface area contributed by atoms with Crippen molar-refractivity contribution in [1.29, 1.82) is 0 Å². The molecule has 132 valence electrons. The maximum absolute atomic E-state index is 11.9. The van der Waals surface area contributed by atoms with E-state index in [0.29, 0.717) is 5.95 Å². The van der Waals surface area contributed by atoms with Gasteiger partial charge in [-0.25, -0.2) is 4.98 Å². The first kappa shape index (κ1) is 19.0. The SMILES string of the molecule is C[C@H](N)C(=O)Nc1nc2ccccc2n1CCCc1ccccc1.Cl. The minimum atomic E-state index is -0.567. The molecule has 1 amide bonds. The van der Waals surface area contributed by atoms with Crippen molar-refractivity contribution in [2.75, 3.05) is 5.32 Å². The summed E-state index contributed by atoms with van der Waals surface area (Å²) >= 11 is 0. The third kappa shape index (κ3) is 4.59. The van der Waals surface area contributed by atoms with Crippen LogP contribution in [-0.2, 0) is 17.8 Å². The number of aromatic nitrogens is 2. The molecule has 0 unspecified atom stereocenters. The number of carbonyl (C=O) groups is 1. The number of rotatable bonds is 6. The van der Waals surface area contributed by atoms with Crippen molar-refractivity contribution in [2.45, 2.75) is 32.4 Å². The van der Waals surface area contributed by atoms with Crippen LogP contribution in [0.2, 0.25) is 0 Å². The van der Waals surface area contributed by atoms with E-state index in [1.165, 1.54) is 5.56 Å². The van der Waals surface area contributed by atoms with E-state index in [4.69, 9.17) is 5.73 Å². The van der Waals surface area contributed by atoms with Crippen LogP contribution in [0.1, 0.15) is 18.9 Å². The minimum Gasteiger partial charge on any atom is -0.320 e. The van der Waals surface area contributed by atoms with Crippen molar-refractivity contribution in [2.24, 2.45) is 5.73 Å². The number of para-hydroxylation sites is 2. The van der Waals surface area contributed by atoms with Gasteiger partial charge >= 0.3 is 0 Å². The molecule has 3 aromatic rings. The quantitative estimate of drug-likeness (QED) is 0.709. The highest BCUT2D eigenvalue weighted by Crippen LogP contribution is 2.20. The van der Waals surface area contributed by atoms with E-state index >= 15 is 0 Å². The second-order valence-corrected chi connectivity index (χ2v) is 5.94. The van der Waals surface area contributed by atoms with Gasteiger partial charge < -0.3 is 10.3 Å². The summed E-state index contributed by atoms with van der Waals surface area (Å²) in [4.78, 5) is 16.5. The van der Waals surface area contributed by atoms with E-state index in [1.807, 2.05) is 30.3 Å². The van der Waals surface area contributed by atoms with Crippen molar-refractivity contribution in [3.63, 3.8) is 0 Å². The summed E-state index contributed by atoms with van der Waals surface area (Å²) < 4.78 is 2.05. The zero-order chi connectivity index (χ0) is 16.9. The first-order chi connectivity index (χ1) is 11.6. The topological polar surface area (TPSA) is 72.9 Å². The molecular formula is C19H23ClN4O. The van der Waals surface area contributed by atoms with Crippen LogP contribution in [-0.4, -0.2) is 21.5 Å². The Morgan fingerprint density at radius 2 is 1.84 bits per heavy atom. The van der Waals surface area contributed by atoms with Crippen molar-refractivity contribution in [1.82, 2.24) is 9.55 Å². The Morgan fingerprint density at radius 1 is 1.16 bits per heavy atom. The molecule has 3 rings (SSSR count). The van der Waals surface area contributed by atoms with Gasteiger partial charge in [0.05, 0.1) is 17.1 Å². The van der Waals surface area contributed by atoms with Gasteiger partial charge in [0.25, 0.3) is 0 Å². The van der Waals surface area contributed by atoms with Gasteiger partial charge in [0.15, 0.2) is 0 Å². The molecule has 0 bridgehead atoms. The fourth-order valence-electron chi connectivity index (χ4n) is 2.71. The third-order valence-corrected chi connectivity index (χ3v) is 3.99. The van der Waals surface area contributed by atoms with Crippen molar-refractivity contribution in [3.8, 4) is 0 Å². The summed E-state index contributed by atoms with van der Waals surface area (Å²) in [5.41, 5.74) is 8.85.